The summed E-state index contributed by atoms with van der Waals surface area (Å²) < 4.78 is 12.5. The van der Waals surface area contributed by atoms with Crippen LogP contribution in [-0.4, -0.2) is 58.2 Å². The average molecular weight is 470 g/mol. The van der Waals surface area contributed by atoms with Gasteiger partial charge in [-0.25, -0.2) is 9.36 Å². The van der Waals surface area contributed by atoms with Crippen LogP contribution in [0.5, 0.6) is 0 Å². The Morgan fingerprint density at radius 3 is 2.62 bits per heavy atom. The van der Waals surface area contributed by atoms with Crippen LogP contribution in [0.25, 0.3) is 10.9 Å². The number of methoxy groups -OCH3 is 1. The normalized spacial score (nSPS) is 25.2. The molecule has 0 unspecified atom stereocenters. The van der Waals surface area contributed by atoms with Crippen molar-refractivity contribution in [2.45, 2.75) is 71.1 Å². The van der Waals surface area contributed by atoms with E-state index in [9.17, 15) is 14.8 Å². The fraction of sp³-hybridized carbons (Fsp3) is 0.577. The van der Waals surface area contributed by atoms with Crippen molar-refractivity contribution in [3.05, 3.63) is 35.5 Å². The summed E-state index contributed by atoms with van der Waals surface area (Å²) in [5.74, 6) is 0.210. The highest BCUT2D eigenvalue weighted by Gasteiger charge is 2.45. The molecule has 0 bridgehead atoms. The number of carbonyl (C=O) groups is 2. The molecule has 3 heterocycles. The number of benzene rings is 1. The Morgan fingerprint density at radius 1 is 1.24 bits per heavy atom. The van der Waals surface area contributed by atoms with Gasteiger partial charge in [-0.3, -0.25) is 9.69 Å². The molecule has 2 aliphatic rings. The summed E-state index contributed by atoms with van der Waals surface area (Å²) in [5, 5.41) is 13.8. The van der Waals surface area contributed by atoms with Crippen molar-refractivity contribution in [3.8, 4) is 0 Å². The number of hydrogen-bond donors (Lipinski definition) is 1. The van der Waals surface area contributed by atoms with E-state index < -0.39 is 11.7 Å². The first-order valence-electron chi connectivity index (χ1n) is 12.0. The van der Waals surface area contributed by atoms with Crippen LogP contribution in [0.15, 0.2) is 29.4 Å². The second kappa shape index (κ2) is 9.41. The Balaban J connectivity index is 1.88. The lowest BCUT2D eigenvalue weighted by molar-refractivity contribution is -0.143. The zero-order valence-electron chi connectivity index (χ0n) is 20.7. The molecule has 0 radical (unpaired) electrons. The standard InChI is InChI=1S/C26H35N3O5/c1-6-16-15-28-18(14-27-32)13-20-19-9-7-8-10-21(19)29(25(31)34-26(2,3)4)24(20)22(28)11-17(16)12-23(30)33-5/h7-10,14,16-18,22,32H,6,11-13,15H2,1-5H3/b27-14+/t16-,17+,18-,22-/m0/s1. The molecule has 8 nitrogen and oxygen atoms in total. The fourth-order valence-electron chi connectivity index (χ4n) is 5.74. The number of piperidine rings is 1. The minimum atomic E-state index is -0.636. The molecule has 0 spiro atoms. The quantitative estimate of drug-likeness (QED) is 0.300. The highest BCUT2D eigenvalue weighted by molar-refractivity contribution is 5.94. The van der Waals surface area contributed by atoms with Gasteiger partial charge in [-0.05, 0) is 57.1 Å². The molecule has 8 heteroatoms. The Labute approximate surface area is 200 Å². The van der Waals surface area contributed by atoms with Crippen molar-refractivity contribution in [1.82, 2.24) is 9.47 Å². The molecule has 1 aromatic carbocycles. The number of nitrogens with zero attached hydrogens (tertiary/aromatic N) is 3. The molecule has 0 amide bonds. The van der Waals surface area contributed by atoms with Gasteiger partial charge in [-0.15, -0.1) is 5.16 Å². The van der Waals surface area contributed by atoms with E-state index >= 15 is 0 Å². The molecule has 1 N–H and O–H groups in total. The van der Waals surface area contributed by atoms with Crippen molar-refractivity contribution in [3.63, 3.8) is 0 Å². The first kappa shape index (κ1) is 24.3. The van der Waals surface area contributed by atoms with Crippen molar-refractivity contribution in [1.29, 1.82) is 0 Å². The van der Waals surface area contributed by atoms with Crippen LogP contribution in [-0.2, 0) is 20.7 Å². The minimum Gasteiger partial charge on any atom is -0.469 e. The van der Waals surface area contributed by atoms with Crippen LogP contribution in [0.1, 0.15) is 64.3 Å². The van der Waals surface area contributed by atoms with Crippen molar-refractivity contribution in [2.24, 2.45) is 17.0 Å². The number of aromatic nitrogens is 1. The second-order valence-corrected chi connectivity index (χ2v) is 10.4. The van der Waals surface area contributed by atoms with E-state index in [-0.39, 0.29) is 24.0 Å². The van der Waals surface area contributed by atoms with Crippen LogP contribution < -0.4 is 0 Å². The lowest BCUT2D eigenvalue weighted by Gasteiger charge is -2.49. The summed E-state index contributed by atoms with van der Waals surface area (Å²) in [7, 11) is 1.42. The lowest BCUT2D eigenvalue weighted by atomic mass is 9.74. The first-order valence-corrected chi connectivity index (χ1v) is 12.0. The monoisotopic (exact) mass is 469 g/mol. The number of hydrogen-bond acceptors (Lipinski definition) is 7. The van der Waals surface area contributed by atoms with Gasteiger partial charge >= 0.3 is 12.1 Å². The number of oxime groups is 1. The van der Waals surface area contributed by atoms with Crippen LogP contribution in [0.3, 0.4) is 0 Å². The van der Waals surface area contributed by atoms with Gasteiger partial charge in [0.05, 0.1) is 36.6 Å². The van der Waals surface area contributed by atoms with Crippen molar-refractivity contribution < 1.29 is 24.3 Å². The molecule has 0 aliphatic carbocycles. The lowest BCUT2D eigenvalue weighted by Crippen LogP contribution is -2.52. The topological polar surface area (TPSA) is 93.4 Å². The van der Waals surface area contributed by atoms with Gasteiger partial charge in [-0.2, -0.15) is 0 Å². The van der Waals surface area contributed by atoms with E-state index in [1.165, 1.54) is 7.11 Å². The van der Waals surface area contributed by atoms with Gasteiger partial charge in [0.2, 0.25) is 0 Å². The van der Waals surface area contributed by atoms with Crippen LogP contribution >= 0.6 is 0 Å². The zero-order chi connectivity index (χ0) is 24.6. The molecule has 1 aromatic heterocycles. The second-order valence-electron chi connectivity index (χ2n) is 10.4. The predicted octanol–water partition coefficient (Wildman–Crippen LogP) is 4.76. The number of rotatable bonds is 4. The van der Waals surface area contributed by atoms with E-state index in [0.717, 1.165) is 35.1 Å². The molecule has 1 saturated heterocycles. The smallest absolute Gasteiger partial charge is 0.419 e. The summed E-state index contributed by atoms with van der Waals surface area (Å²) in [6.45, 7) is 8.47. The average Bonchev–Trinajstić information content (AvgIpc) is 3.12. The maximum absolute atomic E-state index is 13.5. The molecule has 2 aliphatic heterocycles. The molecule has 184 valence electrons. The molecule has 4 rings (SSSR count). The minimum absolute atomic E-state index is 0.103. The van der Waals surface area contributed by atoms with Crippen LogP contribution in [0, 0.1) is 11.8 Å². The number of carbonyl (C=O) groups excluding carboxylic acids is 2. The number of para-hydroxylation sites is 1. The third-order valence-electron chi connectivity index (χ3n) is 7.21. The SMILES string of the molecule is CC[C@H]1CN2[C@H](/C=N/O)Cc3c(n(C(=O)OC(C)(C)C)c4ccccc34)[C@@H]2C[C@@H]1CC(=O)OC. The van der Waals surface area contributed by atoms with Gasteiger partial charge in [0.25, 0.3) is 0 Å². The maximum Gasteiger partial charge on any atom is 0.419 e. The van der Waals surface area contributed by atoms with Crippen molar-refractivity contribution >= 4 is 29.2 Å². The van der Waals surface area contributed by atoms with E-state index in [0.29, 0.717) is 25.2 Å². The first-order chi connectivity index (χ1) is 16.2. The van der Waals surface area contributed by atoms with Gasteiger partial charge in [0.15, 0.2) is 0 Å². The van der Waals surface area contributed by atoms with Crippen LogP contribution in [0.2, 0.25) is 0 Å². The molecule has 2 aromatic rings. The Morgan fingerprint density at radius 2 is 1.97 bits per heavy atom. The third kappa shape index (κ3) is 4.43. The van der Waals surface area contributed by atoms with E-state index in [1.54, 1.807) is 10.8 Å². The predicted molar refractivity (Wildman–Crippen MR) is 129 cm³/mol. The van der Waals surface area contributed by atoms with Gasteiger partial charge < -0.3 is 14.7 Å². The molecule has 4 atom stereocenters. The summed E-state index contributed by atoms with van der Waals surface area (Å²) in [6, 6.07) is 7.64. The van der Waals surface area contributed by atoms with E-state index in [2.05, 4.69) is 17.0 Å². The van der Waals surface area contributed by atoms with Crippen LogP contribution in [0.4, 0.5) is 4.79 Å². The number of ether oxygens (including phenoxy) is 2. The Bertz CT molecular complexity index is 1100. The third-order valence-corrected chi connectivity index (χ3v) is 7.21. The summed E-state index contributed by atoms with van der Waals surface area (Å²) in [6.07, 6.45) is 3.79. The van der Waals surface area contributed by atoms with Gasteiger partial charge in [-0.1, -0.05) is 31.5 Å². The highest BCUT2D eigenvalue weighted by Crippen LogP contribution is 2.47. The maximum atomic E-state index is 13.5. The van der Waals surface area contributed by atoms with Crippen molar-refractivity contribution in [2.75, 3.05) is 13.7 Å². The summed E-state index contributed by atoms with van der Waals surface area (Å²) >= 11 is 0. The van der Waals surface area contributed by atoms with E-state index in [4.69, 9.17) is 9.47 Å². The van der Waals surface area contributed by atoms with Gasteiger partial charge in [0.1, 0.15) is 5.60 Å². The molecule has 34 heavy (non-hydrogen) atoms. The highest BCUT2D eigenvalue weighted by atomic mass is 16.6. The Hall–Kier alpha value is -2.87. The zero-order valence-corrected chi connectivity index (χ0v) is 20.7. The summed E-state index contributed by atoms with van der Waals surface area (Å²) in [5.41, 5.74) is 2.16. The molecule has 0 saturated carbocycles. The van der Waals surface area contributed by atoms with Gasteiger partial charge in [0, 0.05) is 18.4 Å². The van der Waals surface area contributed by atoms with E-state index in [1.807, 2.05) is 45.0 Å². The molecular weight excluding hydrogens is 434 g/mol. The Kier molecular flexibility index (Phi) is 6.71. The summed E-state index contributed by atoms with van der Waals surface area (Å²) in [4.78, 5) is 28.0. The molecular formula is C26H35N3O5. The largest absolute Gasteiger partial charge is 0.469 e. The molecule has 1 fully saturated rings. The number of fused-ring (bicyclic) bond motifs is 5. The fourth-order valence-corrected chi connectivity index (χ4v) is 5.74. The number of esters is 1.